The Morgan fingerprint density at radius 3 is 2.71 bits per heavy atom. The number of hydrogen-bond donors (Lipinski definition) is 1. The molecule has 2 aromatic heterocycles. The lowest BCUT2D eigenvalue weighted by atomic mass is 9.94. The summed E-state index contributed by atoms with van der Waals surface area (Å²) in [4.78, 5) is 26.9. The lowest BCUT2D eigenvalue weighted by Gasteiger charge is -2.49. The number of likely N-dealkylation sites (N-methyl/N-ethyl adjacent to an activating group) is 1. The zero-order chi connectivity index (χ0) is 29.1. The number of aromatic amines is 1. The van der Waals surface area contributed by atoms with E-state index in [0.29, 0.717) is 24.7 Å². The van der Waals surface area contributed by atoms with Gasteiger partial charge in [-0.3, -0.25) is 10.1 Å². The van der Waals surface area contributed by atoms with E-state index >= 15 is 0 Å². The second-order valence-corrected chi connectivity index (χ2v) is 12.9. The monoisotopic (exact) mass is 575 g/mol. The maximum absolute atomic E-state index is 13.0. The smallest absolute Gasteiger partial charge is 0.410 e. The first-order valence-corrected chi connectivity index (χ1v) is 14.6. The molecule has 4 heterocycles. The maximum atomic E-state index is 13.0. The molecule has 0 spiro atoms. The summed E-state index contributed by atoms with van der Waals surface area (Å²) in [6.45, 7) is 12.3. The number of halogens is 1. The van der Waals surface area contributed by atoms with Crippen molar-refractivity contribution in [3.63, 3.8) is 0 Å². The van der Waals surface area contributed by atoms with Crippen LogP contribution < -0.4 is 9.80 Å². The van der Waals surface area contributed by atoms with Crippen LogP contribution in [0.15, 0.2) is 36.7 Å². The van der Waals surface area contributed by atoms with Gasteiger partial charge in [0.15, 0.2) is 0 Å². The van der Waals surface area contributed by atoms with E-state index in [9.17, 15) is 4.79 Å². The van der Waals surface area contributed by atoms with Crippen molar-refractivity contribution in [2.45, 2.75) is 39.3 Å². The number of benzene rings is 2. The normalized spacial score (nSPS) is 17.4. The predicted molar refractivity (Wildman–Crippen MR) is 166 cm³/mol. The van der Waals surface area contributed by atoms with Crippen molar-refractivity contribution in [2.75, 3.05) is 63.2 Å². The van der Waals surface area contributed by atoms with Gasteiger partial charge in [-0.15, -0.1) is 0 Å². The number of nitrogens with one attached hydrogen (secondary N) is 1. The van der Waals surface area contributed by atoms with E-state index in [1.54, 1.807) is 0 Å². The second-order valence-electron chi connectivity index (χ2n) is 12.5. The minimum Gasteiger partial charge on any atom is -0.444 e. The molecule has 4 aromatic rings. The van der Waals surface area contributed by atoms with E-state index < -0.39 is 5.60 Å². The number of hydrogen-bond acceptors (Lipinski definition) is 7. The second kappa shape index (κ2) is 10.4. The van der Waals surface area contributed by atoms with Crippen LogP contribution in [0.1, 0.15) is 26.3 Å². The van der Waals surface area contributed by atoms with Gasteiger partial charge in [0.05, 0.1) is 40.8 Å². The van der Waals surface area contributed by atoms with Crippen molar-refractivity contribution < 1.29 is 9.53 Å². The van der Waals surface area contributed by atoms with Crippen molar-refractivity contribution in [1.82, 2.24) is 25.0 Å². The third kappa shape index (κ3) is 5.17. The van der Waals surface area contributed by atoms with Gasteiger partial charge < -0.3 is 24.3 Å². The average Bonchev–Trinajstić information content (AvgIpc) is 3.39. The zero-order valence-corrected chi connectivity index (χ0v) is 25.4. The topological polar surface area (TPSA) is 80.8 Å². The fraction of sp³-hybridized carbons (Fsp3) is 0.452. The standard InChI is InChI=1S/C31H38ClN7O2/c1-19-7-8-25-23(15-34-35-25)28(19)21-14-26-22(13-24(21)32)29-27(16-33-26)37(10-9-36(5)6)17-20-18-38(11-12-39(20)29)30(40)41-31(2,3)4/h7-8,13-16,20H,9-12,17-18H2,1-6H3,(H,34,35)/t20-/m0/s1. The van der Waals surface area contributed by atoms with Crippen molar-refractivity contribution in [1.29, 1.82) is 0 Å². The molecule has 2 aliphatic heterocycles. The summed E-state index contributed by atoms with van der Waals surface area (Å²) in [5.74, 6) is 0. The average molecular weight is 576 g/mol. The third-order valence-corrected chi connectivity index (χ3v) is 8.33. The van der Waals surface area contributed by atoms with Crippen LogP contribution >= 0.6 is 11.6 Å². The van der Waals surface area contributed by atoms with Gasteiger partial charge in [0.1, 0.15) is 5.60 Å². The summed E-state index contributed by atoms with van der Waals surface area (Å²) in [6.07, 6.45) is 3.61. The number of carbonyl (C=O) groups is 1. The highest BCUT2D eigenvalue weighted by molar-refractivity contribution is 6.35. The van der Waals surface area contributed by atoms with Gasteiger partial charge in [-0.25, -0.2) is 4.79 Å². The van der Waals surface area contributed by atoms with Crippen LogP contribution in [-0.4, -0.2) is 96.1 Å². The predicted octanol–water partition coefficient (Wildman–Crippen LogP) is 5.55. The molecule has 2 aromatic carbocycles. The molecular formula is C31H38ClN7O2. The number of nitrogens with zero attached hydrogens (tertiary/aromatic N) is 6. The Kier molecular flexibility index (Phi) is 6.98. The van der Waals surface area contributed by atoms with Gasteiger partial charge in [0.25, 0.3) is 0 Å². The molecule has 1 saturated heterocycles. The summed E-state index contributed by atoms with van der Waals surface area (Å²) in [7, 11) is 4.18. The number of anilines is 2. The molecule has 9 nitrogen and oxygen atoms in total. The SMILES string of the molecule is Cc1ccc2[nH]ncc2c1-c1cc2ncc3c(c2cc1Cl)N1CCN(C(=O)OC(C)(C)C)C[C@@H]1CN3CCN(C)C. The van der Waals surface area contributed by atoms with Crippen molar-refractivity contribution in [2.24, 2.45) is 0 Å². The first-order chi connectivity index (χ1) is 19.5. The van der Waals surface area contributed by atoms with Gasteiger partial charge in [0.2, 0.25) is 0 Å². The van der Waals surface area contributed by atoms with Crippen molar-refractivity contribution in [3.8, 4) is 11.1 Å². The molecule has 1 N–H and O–H groups in total. The third-order valence-electron chi connectivity index (χ3n) is 8.02. The number of amides is 1. The molecule has 1 amide bonds. The fourth-order valence-corrected chi connectivity index (χ4v) is 6.34. The van der Waals surface area contributed by atoms with Crippen LogP contribution in [0.2, 0.25) is 5.02 Å². The number of carbonyl (C=O) groups excluding carboxylic acids is 1. The molecule has 2 aliphatic rings. The van der Waals surface area contributed by atoms with E-state index in [2.05, 4.69) is 64.1 Å². The lowest BCUT2D eigenvalue weighted by molar-refractivity contribution is 0.0215. The Hall–Kier alpha value is -3.56. The molecule has 1 fully saturated rings. The Morgan fingerprint density at radius 1 is 1.15 bits per heavy atom. The van der Waals surface area contributed by atoms with Crippen molar-refractivity contribution in [3.05, 3.63) is 47.2 Å². The summed E-state index contributed by atoms with van der Waals surface area (Å²) in [5, 5.41) is 10.1. The first-order valence-electron chi connectivity index (χ1n) is 14.2. The Balaban J connectivity index is 1.44. The van der Waals surface area contributed by atoms with Crippen LogP contribution in [0.3, 0.4) is 0 Å². The van der Waals surface area contributed by atoms with Crippen LogP contribution in [0.5, 0.6) is 0 Å². The highest BCUT2D eigenvalue weighted by Gasteiger charge is 2.39. The van der Waals surface area contributed by atoms with Crippen LogP contribution in [-0.2, 0) is 4.74 Å². The number of ether oxygens (including phenoxy) is 1. The summed E-state index contributed by atoms with van der Waals surface area (Å²) >= 11 is 7.09. The summed E-state index contributed by atoms with van der Waals surface area (Å²) in [5.41, 5.74) is 6.74. The minimum atomic E-state index is -0.527. The van der Waals surface area contributed by atoms with E-state index in [4.69, 9.17) is 21.3 Å². The molecular weight excluding hydrogens is 538 g/mol. The van der Waals surface area contributed by atoms with E-state index in [1.165, 1.54) is 0 Å². The van der Waals surface area contributed by atoms with Gasteiger partial charge in [-0.05, 0) is 71.1 Å². The van der Waals surface area contributed by atoms with Gasteiger partial charge >= 0.3 is 6.09 Å². The van der Waals surface area contributed by atoms with Crippen LogP contribution in [0, 0.1) is 6.92 Å². The Labute approximate surface area is 246 Å². The molecule has 0 unspecified atom stereocenters. The first kappa shape index (κ1) is 27.6. The lowest BCUT2D eigenvalue weighted by Crippen LogP contribution is -2.61. The number of piperazine rings is 1. The van der Waals surface area contributed by atoms with Crippen LogP contribution in [0.4, 0.5) is 16.2 Å². The number of rotatable bonds is 4. The summed E-state index contributed by atoms with van der Waals surface area (Å²) < 4.78 is 5.72. The molecule has 10 heteroatoms. The summed E-state index contributed by atoms with van der Waals surface area (Å²) in [6, 6.07) is 8.44. The fourth-order valence-electron chi connectivity index (χ4n) is 6.08. The number of pyridine rings is 1. The van der Waals surface area contributed by atoms with Crippen LogP contribution in [0.25, 0.3) is 32.9 Å². The molecule has 0 saturated carbocycles. The highest BCUT2D eigenvalue weighted by Crippen LogP contribution is 2.45. The molecule has 41 heavy (non-hydrogen) atoms. The van der Waals surface area contributed by atoms with Crippen molar-refractivity contribution >= 4 is 50.9 Å². The van der Waals surface area contributed by atoms with E-state index in [1.807, 2.05) is 44.1 Å². The number of fused-ring (bicyclic) bond motifs is 6. The van der Waals surface area contributed by atoms with E-state index in [0.717, 1.165) is 69.5 Å². The largest absolute Gasteiger partial charge is 0.444 e. The Morgan fingerprint density at radius 2 is 1.95 bits per heavy atom. The number of aromatic nitrogens is 3. The van der Waals surface area contributed by atoms with Gasteiger partial charge in [-0.2, -0.15) is 5.10 Å². The molecule has 0 radical (unpaired) electrons. The van der Waals surface area contributed by atoms with Gasteiger partial charge in [-0.1, -0.05) is 17.7 Å². The number of H-pyrrole nitrogens is 1. The molecule has 0 bridgehead atoms. The quantitative estimate of drug-likeness (QED) is 0.342. The van der Waals surface area contributed by atoms with Gasteiger partial charge in [0, 0.05) is 60.6 Å². The minimum absolute atomic E-state index is 0.122. The van der Waals surface area contributed by atoms with E-state index in [-0.39, 0.29) is 12.1 Å². The Bertz CT molecular complexity index is 1630. The number of aryl methyl sites for hydroxylation is 1. The zero-order valence-electron chi connectivity index (χ0n) is 24.7. The molecule has 0 aliphatic carbocycles. The highest BCUT2D eigenvalue weighted by atomic mass is 35.5. The molecule has 6 rings (SSSR count). The maximum Gasteiger partial charge on any atom is 0.410 e. The molecule has 216 valence electrons. The molecule has 1 atom stereocenters.